The smallest absolute Gasteiger partial charge is 0.379 e. The van der Waals surface area contributed by atoms with Crippen molar-refractivity contribution in [3.8, 4) is 0 Å². The molecule has 186 valence electrons. The molecule has 0 spiro atoms. The molecule has 1 atom stereocenters. The third kappa shape index (κ3) is 6.83. The molecule has 0 unspecified atom stereocenters. The Morgan fingerprint density at radius 2 is 2.00 bits per heavy atom. The van der Waals surface area contributed by atoms with Gasteiger partial charge in [0, 0.05) is 38.4 Å². The third-order valence-corrected chi connectivity index (χ3v) is 5.66. The number of hydrogen-bond donors (Lipinski definition) is 2. The Kier molecular flexibility index (Phi) is 8.72. The number of nitrogens with zero attached hydrogens (tertiary/aromatic N) is 4. The van der Waals surface area contributed by atoms with Gasteiger partial charge in [-0.25, -0.2) is 10.1 Å². The number of pyridine rings is 1. The van der Waals surface area contributed by atoms with E-state index in [-0.39, 0.29) is 25.5 Å². The van der Waals surface area contributed by atoms with Gasteiger partial charge >= 0.3 is 6.18 Å². The van der Waals surface area contributed by atoms with Crippen LogP contribution in [-0.4, -0.2) is 71.4 Å². The first kappa shape index (κ1) is 25.8. The summed E-state index contributed by atoms with van der Waals surface area (Å²) in [7, 11) is 0. The number of aromatic nitrogens is 3. The van der Waals surface area contributed by atoms with Crippen LogP contribution in [-0.2, 0) is 15.7 Å². The number of hydrogen-bond acceptors (Lipinski definition) is 7. The number of nitrogens with one attached hydrogen (secondary N) is 2. The van der Waals surface area contributed by atoms with Crippen molar-refractivity contribution in [2.24, 2.45) is 0 Å². The fourth-order valence-electron chi connectivity index (χ4n) is 3.55. The molecule has 0 bridgehead atoms. The number of alkyl halides is 3. The summed E-state index contributed by atoms with van der Waals surface area (Å²) in [6.07, 6.45) is -1.71. The highest BCUT2D eigenvalue weighted by atomic mass is 35.5. The van der Waals surface area contributed by atoms with Crippen LogP contribution < -0.4 is 15.8 Å². The van der Waals surface area contributed by atoms with Crippen LogP contribution in [0.1, 0.15) is 25.3 Å². The fraction of sp³-hybridized carbons (Fsp3) is 0.524. The van der Waals surface area contributed by atoms with Crippen LogP contribution in [0.3, 0.4) is 0 Å². The van der Waals surface area contributed by atoms with Crippen LogP contribution in [0.15, 0.2) is 29.3 Å². The summed E-state index contributed by atoms with van der Waals surface area (Å²) in [5.41, 5.74) is -3.05. The van der Waals surface area contributed by atoms with E-state index in [2.05, 4.69) is 20.3 Å². The molecule has 3 heterocycles. The van der Waals surface area contributed by atoms with Gasteiger partial charge < -0.3 is 19.9 Å². The maximum Gasteiger partial charge on any atom is 0.423 e. The first-order valence-electron chi connectivity index (χ1n) is 10.8. The molecule has 1 fully saturated rings. The zero-order valence-electron chi connectivity index (χ0n) is 18.6. The third-order valence-electron chi connectivity index (χ3n) is 5.44. The number of carbonyl (C=O) groups is 1. The van der Waals surface area contributed by atoms with Gasteiger partial charge in [-0.3, -0.25) is 9.59 Å². The topological polar surface area (TPSA) is 103 Å². The molecular weight excluding hydrogens is 477 g/mol. The molecule has 34 heavy (non-hydrogen) atoms. The maximum absolute atomic E-state index is 13.2. The molecule has 9 nitrogen and oxygen atoms in total. The van der Waals surface area contributed by atoms with Crippen LogP contribution in [0.5, 0.6) is 0 Å². The van der Waals surface area contributed by atoms with Gasteiger partial charge in [-0.2, -0.15) is 18.3 Å². The molecule has 3 rings (SSSR count). The van der Waals surface area contributed by atoms with Gasteiger partial charge in [-0.05, 0) is 18.6 Å². The molecule has 2 aromatic rings. The van der Waals surface area contributed by atoms with Crippen LogP contribution in [0, 0.1) is 0 Å². The van der Waals surface area contributed by atoms with Gasteiger partial charge in [0.15, 0.2) is 0 Å². The van der Waals surface area contributed by atoms with Gasteiger partial charge in [0.25, 0.3) is 5.56 Å². The van der Waals surface area contributed by atoms with Crippen molar-refractivity contribution in [3.63, 3.8) is 0 Å². The Labute approximate surface area is 199 Å². The van der Waals surface area contributed by atoms with E-state index >= 15 is 0 Å². The van der Waals surface area contributed by atoms with Crippen LogP contribution in [0.25, 0.3) is 0 Å². The lowest BCUT2D eigenvalue weighted by atomic mass is 10.2. The molecule has 1 saturated heterocycles. The van der Waals surface area contributed by atoms with E-state index in [1.165, 1.54) is 0 Å². The highest BCUT2D eigenvalue weighted by molar-refractivity contribution is 6.30. The molecule has 1 aliphatic heterocycles. The average Bonchev–Trinajstić information content (AvgIpc) is 2.80. The Morgan fingerprint density at radius 1 is 1.26 bits per heavy atom. The first-order chi connectivity index (χ1) is 16.2. The predicted molar refractivity (Wildman–Crippen MR) is 121 cm³/mol. The number of anilines is 2. The first-order valence-corrected chi connectivity index (χ1v) is 11.2. The van der Waals surface area contributed by atoms with E-state index in [0.29, 0.717) is 37.6 Å². The quantitative estimate of drug-likeness (QED) is 0.508. The van der Waals surface area contributed by atoms with E-state index in [9.17, 15) is 22.8 Å². The zero-order chi connectivity index (χ0) is 24.7. The second-order valence-electron chi connectivity index (χ2n) is 7.76. The fourth-order valence-corrected chi connectivity index (χ4v) is 3.67. The number of H-pyrrole nitrogens is 1. The monoisotopic (exact) mass is 502 g/mol. The van der Waals surface area contributed by atoms with Crippen molar-refractivity contribution in [2.45, 2.75) is 32.0 Å². The van der Waals surface area contributed by atoms with E-state index in [1.54, 1.807) is 29.2 Å². The molecule has 0 radical (unpaired) electrons. The number of aromatic amines is 1. The molecule has 0 aliphatic carbocycles. The average molecular weight is 503 g/mol. The van der Waals surface area contributed by atoms with E-state index in [4.69, 9.17) is 16.3 Å². The molecule has 2 aromatic heterocycles. The highest BCUT2D eigenvalue weighted by Gasteiger charge is 2.37. The Bertz CT molecular complexity index is 1010. The number of halogens is 4. The van der Waals surface area contributed by atoms with Crippen LogP contribution >= 0.6 is 11.6 Å². The van der Waals surface area contributed by atoms with Crippen molar-refractivity contribution in [3.05, 3.63) is 45.5 Å². The molecule has 1 aliphatic rings. The van der Waals surface area contributed by atoms with Crippen LogP contribution in [0.2, 0.25) is 5.02 Å². The van der Waals surface area contributed by atoms with Crippen molar-refractivity contribution >= 4 is 29.0 Å². The lowest BCUT2D eigenvalue weighted by molar-refractivity contribution is -0.138. The number of piperazine rings is 1. The molecule has 13 heteroatoms. The summed E-state index contributed by atoms with van der Waals surface area (Å²) in [6.45, 7) is 4.38. The van der Waals surface area contributed by atoms with Gasteiger partial charge in [0.2, 0.25) is 5.91 Å². The minimum atomic E-state index is -4.82. The van der Waals surface area contributed by atoms with Gasteiger partial charge in [-0.15, -0.1) is 0 Å². The molecule has 1 amide bonds. The van der Waals surface area contributed by atoms with Crippen molar-refractivity contribution in [1.82, 2.24) is 20.1 Å². The summed E-state index contributed by atoms with van der Waals surface area (Å²) >= 11 is 5.86. The normalized spacial score (nSPS) is 15.3. The lowest BCUT2D eigenvalue weighted by Gasteiger charge is -2.35. The maximum atomic E-state index is 13.2. The SMILES string of the molecule is CC[C@@H](COCCC(=O)N1CCN(c2ccc(Cl)cn2)CC1)Nc1cn[nH]c(=O)c1C(F)(F)F. The number of amides is 1. The minimum Gasteiger partial charge on any atom is -0.379 e. The van der Waals surface area contributed by atoms with Crippen molar-refractivity contribution in [2.75, 3.05) is 49.6 Å². The van der Waals surface area contributed by atoms with Crippen molar-refractivity contribution in [1.29, 1.82) is 0 Å². The highest BCUT2D eigenvalue weighted by Crippen LogP contribution is 2.31. The second-order valence-corrected chi connectivity index (χ2v) is 8.20. The van der Waals surface area contributed by atoms with Gasteiger partial charge in [-0.1, -0.05) is 18.5 Å². The Balaban J connectivity index is 1.42. The Morgan fingerprint density at radius 3 is 2.62 bits per heavy atom. The largest absolute Gasteiger partial charge is 0.423 e. The van der Waals surface area contributed by atoms with Gasteiger partial charge in [0.05, 0.1) is 36.5 Å². The summed E-state index contributed by atoms with van der Waals surface area (Å²) < 4.78 is 45.1. The molecular formula is C21H26ClF3N6O3. The standard InChI is InChI=1S/C21H26ClF3N6O3/c1-2-15(28-16-12-27-29-20(33)19(16)21(23,24)25)13-34-10-5-18(32)31-8-6-30(7-9-31)17-4-3-14(22)11-26-17/h3-4,11-12,15H,2,5-10,13H2,1H3,(H2,28,29,33)/t15-/m0/s1. The minimum absolute atomic E-state index is 0.0529. The van der Waals surface area contributed by atoms with E-state index in [1.807, 2.05) is 6.07 Å². The van der Waals surface area contributed by atoms with Gasteiger partial charge in [0.1, 0.15) is 11.4 Å². The van der Waals surface area contributed by atoms with E-state index < -0.39 is 29.0 Å². The summed E-state index contributed by atoms with van der Waals surface area (Å²) in [5, 5.41) is 8.48. The predicted octanol–water partition coefficient (Wildman–Crippen LogP) is 2.78. The Hall–Kier alpha value is -2.86. The lowest BCUT2D eigenvalue weighted by Crippen LogP contribution is -2.49. The van der Waals surface area contributed by atoms with E-state index in [0.717, 1.165) is 12.0 Å². The molecule has 2 N–H and O–H groups in total. The summed E-state index contributed by atoms with van der Waals surface area (Å²) in [6, 6.07) is 3.12. The molecule has 0 saturated carbocycles. The summed E-state index contributed by atoms with van der Waals surface area (Å²) in [4.78, 5) is 32.2. The zero-order valence-corrected chi connectivity index (χ0v) is 19.3. The number of carbonyl (C=O) groups excluding carboxylic acids is 1. The number of ether oxygens (including phenoxy) is 1. The second kappa shape index (κ2) is 11.5. The van der Waals surface area contributed by atoms with Crippen LogP contribution in [0.4, 0.5) is 24.7 Å². The number of rotatable bonds is 9. The summed E-state index contributed by atoms with van der Waals surface area (Å²) in [5.74, 6) is 0.755. The molecule has 0 aromatic carbocycles. The van der Waals surface area contributed by atoms with Crippen molar-refractivity contribution < 1.29 is 22.7 Å².